The molecule has 0 radical (unpaired) electrons. The lowest BCUT2D eigenvalue weighted by molar-refractivity contribution is -0.121. The van der Waals surface area contributed by atoms with Crippen LogP contribution >= 0.6 is 0 Å². The highest BCUT2D eigenvalue weighted by atomic mass is 16.2. The third-order valence-electron chi connectivity index (χ3n) is 5.16. The molecule has 0 aromatic heterocycles. The molecule has 6 nitrogen and oxygen atoms in total. The highest BCUT2D eigenvalue weighted by molar-refractivity contribution is 5.97. The maximum Gasteiger partial charge on any atom is 0.227 e. The van der Waals surface area contributed by atoms with Gasteiger partial charge in [-0.25, -0.2) is 0 Å². The highest BCUT2D eigenvalue weighted by Crippen LogP contribution is 2.40. The van der Waals surface area contributed by atoms with E-state index in [0.29, 0.717) is 23.0 Å². The lowest BCUT2D eigenvalue weighted by atomic mass is 9.69. The van der Waals surface area contributed by atoms with E-state index in [9.17, 15) is 14.4 Å². The summed E-state index contributed by atoms with van der Waals surface area (Å²) >= 11 is 0. The van der Waals surface area contributed by atoms with Crippen molar-refractivity contribution >= 4 is 34.8 Å². The highest BCUT2D eigenvalue weighted by Gasteiger charge is 2.32. The van der Waals surface area contributed by atoms with Crippen molar-refractivity contribution in [2.75, 3.05) is 16.0 Å². The van der Waals surface area contributed by atoms with Crippen molar-refractivity contribution in [1.29, 1.82) is 0 Å². The third kappa shape index (κ3) is 6.38. The SMILES string of the molecule is CC(=O)Nc1cc(NC(C)=O)cc(NC(=O)C2CCC(C(C)(C)C)CC2)c1. The molecule has 27 heavy (non-hydrogen) atoms. The van der Waals surface area contributed by atoms with E-state index in [1.165, 1.54) is 13.8 Å². The lowest BCUT2D eigenvalue weighted by Crippen LogP contribution is -2.31. The summed E-state index contributed by atoms with van der Waals surface area (Å²) in [6, 6.07) is 5.06. The number of carbonyl (C=O) groups is 3. The predicted octanol–water partition coefficient (Wildman–Crippen LogP) is 4.39. The Kier molecular flexibility index (Phi) is 6.63. The van der Waals surface area contributed by atoms with E-state index in [1.807, 2.05) is 0 Å². The van der Waals surface area contributed by atoms with Gasteiger partial charge in [0.1, 0.15) is 0 Å². The van der Waals surface area contributed by atoms with Crippen LogP contribution in [-0.2, 0) is 14.4 Å². The standard InChI is InChI=1S/C21H31N3O3/c1-13(25)22-17-10-18(23-14(2)26)12-19(11-17)24-20(27)15-6-8-16(9-7-15)21(3,4)5/h10-12,15-16H,6-9H2,1-5H3,(H,22,25)(H,23,26)(H,24,27). The van der Waals surface area contributed by atoms with Gasteiger partial charge in [-0.3, -0.25) is 14.4 Å². The quantitative estimate of drug-likeness (QED) is 0.731. The van der Waals surface area contributed by atoms with Crippen LogP contribution in [0.2, 0.25) is 0 Å². The predicted molar refractivity (Wildman–Crippen MR) is 109 cm³/mol. The molecule has 1 aliphatic carbocycles. The summed E-state index contributed by atoms with van der Waals surface area (Å²) in [7, 11) is 0. The second-order valence-corrected chi connectivity index (χ2v) is 8.57. The van der Waals surface area contributed by atoms with Gasteiger partial charge in [0.25, 0.3) is 0 Å². The number of amides is 3. The first-order valence-corrected chi connectivity index (χ1v) is 9.55. The first-order valence-electron chi connectivity index (χ1n) is 9.55. The van der Waals surface area contributed by atoms with Gasteiger partial charge in [0.2, 0.25) is 17.7 Å². The first-order chi connectivity index (χ1) is 12.5. The molecular formula is C21H31N3O3. The molecule has 1 aromatic carbocycles. The Balaban J connectivity index is 2.08. The number of carbonyl (C=O) groups excluding carboxylic acids is 3. The van der Waals surface area contributed by atoms with Gasteiger partial charge in [0, 0.05) is 36.8 Å². The van der Waals surface area contributed by atoms with Crippen LogP contribution < -0.4 is 16.0 Å². The van der Waals surface area contributed by atoms with Gasteiger partial charge < -0.3 is 16.0 Å². The van der Waals surface area contributed by atoms with E-state index in [2.05, 4.69) is 36.7 Å². The van der Waals surface area contributed by atoms with Gasteiger partial charge >= 0.3 is 0 Å². The van der Waals surface area contributed by atoms with E-state index in [4.69, 9.17) is 0 Å². The maximum atomic E-state index is 12.7. The first kappa shape index (κ1) is 20.9. The van der Waals surface area contributed by atoms with Crippen LogP contribution in [0.1, 0.15) is 60.3 Å². The Morgan fingerprint density at radius 2 is 1.19 bits per heavy atom. The molecule has 148 valence electrons. The molecular weight excluding hydrogens is 342 g/mol. The number of rotatable bonds is 4. The summed E-state index contributed by atoms with van der Waals surface area (Å²) in [4.78, 5) is 35.4. The van der Waals surface area contributed by atoms with Crippen LogP contribution in [-0.4, -0.2) is 17.7 Å². The molecule has 1 aliphatic rings. The van der Waals surface area contributed by atoms with Crippen LogP contribution in [0.3, 0.4) is 0 Å². The number of hydrogen-bond acceptors (Lipinski definition) is 3. The van der Waals surface area contributed by atoms with Gasteiger partial charge in [-0.05, 0) is 55.2 Å². The van der Waals surface area contributed by atoms with Crippen molar-refractivity contribution in [2.45, 2.75) is 60.3 Å². The van der Waals surface area contributed by atoms with Crippen LogP contribution in [0.15, 0.2) is 18.2 Å². The Hall–Kier alpha value is -2.37. The molecule has 1 aromatic rings. The van der Waals surface area contributed by atoms with E-state index < -0.39 is 0 Å². The van der Waals surface area contributed by atoms with Crippen LogP contribution in [0, 0.1) is 17.3 Å². The number of anilines is 3. The van der Waals surface area contributed by atoms with Gasteiger partial charge in [-0.15, -0.1) is 0 Å². The van der Waals surface area contributed by atoms with E-state index in [0.717, 1.165) is 25.7 Å². The summed E-state index contributed by atoms with van der Waals surface area (Å²) < 4.78 is 0. The van der Waals surface area contributed by atoms with Crippen molar-refractivity contribution in [2.24, 2.45) is 17.3 Å². The van der Waals surface area contributed by atoms with Gasteiger partial charge in [-0.2, -0.15) is 0 Å². The smallest absolute Gasteiger partial charge is 0.227 e. The minimum atomic E-state index is -0.215. The number of hydrogen-bond donors (Lipinski definition) is 3. The van der Waals surface area contributed by atoms with Crippen LogP contribution in [0.5, 0.6) is 0 Å². The second kappa shape index (κ2) is 8.55. The normalized spacial score (nSPS) is 19.9. The molecule has 3 amide bonds. The molecule has 1 saturated carbocycles. The second-order valence-electron chi connectivity index (χ2n) is 8.57. The Morgan fingerprint density at radius 3 is 1.56 bits per heavy atom. The average molecular weight is 373 g/mol. The molecule has 0 saturated heterocycles. The third-order valence-corrected chi connectivity index (χ3v) is 5.16. The summed E-state index contributed by atoms with van der Waals surface area (Å²) in [5, 5.41) is 8.34. The van der Waals surface area contributed by atoms with Gasteiger partial charge in [0.05, 0.1) is 0 Å². The Bertz CT molecular complexity index is 680. The molecule has 0 atom stereocenters. The van der Waals surface area contributed by atoms with Crippen molar-refractivity contribution in [3.63, 3.8) is 0 Å². The maximum absolute atomic E-state index is 12.7. The van der Waals surface area contributed by atoms with E-state index in [1.54, 1.807) is 18.2 Å². The van der Waals surface area contributed by atoms with Crippen molar-refractivity contribution < 1.29 is 14.4 Å². The lowest BCUT2D eigenvalue weighted by Gasteiger charge is -2.36. The summed E-state index contributed by atoms with van der Waals surface area (Å²) in [5.41, 5.74) is 1.90. The monoisotopic (exact) mass is 373 g/mol. The van der Waals surface area contributed by atoms with Crippen LogP contribution in [0.4, 0.5) is 17.1 Å². The minimum absolute atomic E-state index is 0.00256. The molecule has 2 rings (SSSR count). The zero-order valence-corrected chi connectivity index (χ0v) is 16.9. The molecule has 3 N–H and O–H groups in total. The molecule has 0 heterocycles. The number of nitrogens with one attached hydrogen (secondary N) is 3. The molecule has 0 aliphatic heterocycles. The van der Waals surface area contributed by atoms with Gasteiger partial charge in [-0.1, -0.05) is 20.8 Å². The molecule has 0 spiro atoms. The van der Waals surface area contributed by atoms with Crippen LogP contribution in [0.25, 0.3) is 0 Å². The van der Waals surface area contributed by atoms with Crippen molar-refractivity contribution in [3.05, 3.63) is 18.2 Å². The van der Waals surface area contributed by atoms with E-state index in [-0.39, 0.29) is 29.1 Å². The zero-order chi connectivity index (χ0) is 20.2. The molecule has 0 unspecified atom stereocenters. The summed E-state index contributed by atoms with van der Waals surface area (Å²) in [6.07, 6.45) is 3.89. The Labute approximate surface area is 161 Å². The topological polar surface area (TPSA) is 87.3 Å². The minimum Gasteiger partial charge on any atom is -0.326 e. The number of benzene rings is 1. The Morgan fingerprint density at radius 1 is 0.778 bits per heavy atom. The van der Waals surface area contributed by atoms with Crippen molar-refractivity contribution in [1.82, 2.24) is 0 Å². The fraction of sp³-hybridized carbons (Fsp3) is 0.571. The zero-order valence-electron chi connectivity index (χ0n) is 16.9. The van der Waals surface area contributed by atoms with E-state index >= 15 is 0 Å². The molecule has 6 heteroatoms. The molecule has 0 bridgehead atoms. The summed E-state index contributed by atoms with van der Waals surface area (Å²) in [6.45, 7) is 9.60. The fourth-order valence-electron chi connectivity index (χ4n) is 3.72. The fourth-order valence-corrected chi connectivity index (χ4v) is 3.72. The van der Waals surface area contributed by atoms with Crippen molar-refractivity contribution in [3.8, 4) is 0 Å². The average Bonchev–Trinajstić information content (AvgIpc) is 2.52. The van der Waals surface area contributed by atoms with Gasteiger partial charge in [0.15, 0.2) is 0 Å². The largest absolute Gasteiger partial charge is 0.326 e. The summed E-state index contributed by atoms with van der Waals surface area (Å²) in [5.74, 6) is 0.213. The molecule has 1 fully saturated rings.